The van der Waals surface area contributed by atoms with E-state index in [0.29, 0.717) is 24.5 Å². The first kappa shape index (κ1) is 24.5. The number of halogens is 1. The molecule has 0 aliphatic carbocycles. The van der Waals surface area contributed by atoms with Gasteiger partial charge in [-0.25, -0.2) is 0 Å². The molecule has 1 atom stereocenters. The van der Waals surface area contributed by atoms with Gasteiger partial charge in [-0.2, -0.15) is 0 Å². The molecular formula is C28H31ClN2O2. The van der Waals surface area contributed by atoms with Crippen molar-refractivity contribution >= 4 is 23.4 Å². The molecule has 1 N–H and O–H groups in total. The molecular weight excluding hydrogens is 432 g/mol. The summed E-state index contributed by atoms with van der Waals surface area (Å²) in [5.74, 6) is -0.246. The lowest BCUT2D eigenvalue weighted by Crippen LogP contribution is -2.50. The lowest BCUT2D eigenvalue weighted by Gasteiger charge is -2.31. The lowest BCUT2D eigenvalue weighted by atomic mass is 10.0. The maximum absolute atomic E-state index is 13.7. The Bertz CT molecular complexity index is 1080. The monoisotopic (exact) mass is 462 g/mol. The third kappa shape index (κ3) is 7.19. The van der Waals surface area contributed by atoms with E-state index >= 15 is 0 Å². The standard InChI is InChI=1S/C28H31ClN2O2/c1-4-30-28(33)26(17-22-9-6-5-7-10-22)31(19-23-11-8-12-25(29)16-23)27(32)18-24-14-20(2)13-21(3)15-24/h5-16,26H,4,17-19H2,1-3H3,(H,30,33)/t26-/m0/s1. The molecule has 3 aromatic carbocycles. The first-order valence-corrected chi connectivity index (χ1v) is 11.7. The highest BCUT2D eigenvalue weighted by Gasteiger charge is 2.30. The van der Waals surface area contributed by atoms with Crippen LogP contribution in [-0.2, 0) is 29.0 Å². The van der Waals surface area contributed by atoms with Crippen molar-refractivity contribution in [3.05, 3.63) is 106 Å². The maximum atomic E-state index is 13.7. The Balaban J connectivity index is 1.97. The maximum Gasteiger partial charge on any atom is 0.243 e. The van der Waals surface area contributed by atoms with Crippen LogP contribution in [0.4, 0.5) is 0 Å². The summed E-state index contributed by atoms with van der Waals surface area (Å²) in [6.07, 6.45) is 0.666. The smallest absolute Gasteiger partial charge is 0.243 e. The molecule has 33 heavy (non-hydrogen) atoms. The Morgan fingerprint density at radius 2 is 1.55 bits per heavy atom. The first-order valence-electron chi connectivity index (χ1n) is 11.3. The predicted octanol–water partition coefficient (Wildman–Crippen LogP) is 5.28. The molecule has 0 heterocycles. The minimum Gasteiger partial charge on any atom is -0.355 e. The number of rotatable bonds is 9. The van der Waals surface area contributed by atoms with E-state index in [9.17, 15) is 9.59 Å². The van der Waals surface area contributed by atoms with Gasteiger partial charge in [-0.05, 0) is 49.6 Å². The van der Waals surface area contributed by atoms with Crippen LogP contribution in [0.1, 0.15) is 34.7 Å². The molecule has 0 fully saturated rings. The van der Waals surface area contributed by atoms with Crippen molar-refractivity contribution in [3.8, 4) is 0 Å². The zero-order chi connectivity index (χ0) is 23.8. The predicted molar refractivity (Wildman–Crippen MR) is 134 cm³/mol. The van der Waals surface area contributed by atoms with Gasteiger partial charge >= 0.3 is 0 Å². The van der Waals surface area contributed by atoms with Crippen molar-refractivity contribution < 1.29 is 9.59 Å². The topological polar surface area (TPSA) is 49.4 Å². The highest BCUT2D eigenvalue weighted by atomic mass is 35.5. The molecule has 0 spiro atoms. The zero-order valence-corrected chi connectivity index (χ0v) is 20.2. The van der Waals surface area contributed by atoms with Crippen LogP contribution < -0.4 is 5.32 Å². The van der Waals surface area contributed by atoms with Crippen LogP contribution in [-0.4, -0.2) is 29.3 Å². The highest BCUT2D eigenvalue weighted by Crippen LogP contribution is 2.19. The molecule has 0 saturated heterocycles. The minimum atomic E-state index is -0.635. The molecule has 0 bridgehead atoms. The number of benzene rings is 3. The fourth-order valence-electron chi connectivity index (χ4n) is 4.13. The van der Waals surface area contributed by atoms with E-state index in [1.54, 1.807) is 11.0 Å². The summed E-state index contributed by atoms with van der Waals surface area (Å²) in [5, 5.41) is 3.53. The molecule has 0 aliphatic heterocycles. The third-order valence-electron chi connectivity index (χ3n) is 5.50. The summed E-state index contributed by atoms with van der Waals surface area (Å²) < 4.78 is 0. The molecule has 0 radical (unpaired) electrons. The van der Waals surface area contributed by atoms with Gasteiger partial charge in [-0.3, -0.25) is 9.59 Å². The number of carbonyl (C=O) groups is 2. The number of hydrogen-bond acceptors (Lipinski definition) is 2. The van der Waals surface area contributed by atoms with Crippen molar-refractivity contribution in [2.45, 2.75) is 46.2 Å². The minimum absolute atomic E-state index is 0.0906. The van der Waals surface area contributed by atoms with Crippen molar-refractivity contribution in [1.82, 2.24) is 10.2 Å². The first-order chi connectivity index (χ1) is 15.9. The largest absolute Gasteiger partial charge is 0.355 e. The molecule has 2 amide bonds. The Morgan fingerprint density at radius 1 is 0.879 bits per heavy atom. The zero-order valence-electron chi connectivity index (χ0n) is 19.5. The van der Waals surface area contributed by atoms with Crippen LogP contribution in [0.5, 0.6) is 0 Å². The third-order valence-corrected chi connectivity index (χ3v) is 5.74. The molecule has 0 unspecified atom stereocenters. The van der Waals surface area contributed by atoms with Crippen molar-refractivity contribution in [3.63, 3.8) is 0 Å². The molecule has 0 aliphatic rings. The summed E-state index contributed by atoms with van der Waals surface area (Å²) in [4.78, 5) is 28.6. The van der Waals surface area contributed by atoms with Gasteiger partial charge in [0.05, 0.1) is 6.42 Å². The summed E-state index contributed by atoms with van der Waals surface area (Å²) in [7, 11) is 0. The van der Waals surface area contributed by atoms with E-state index in [1.165, 1.54) is 0 Å². The SMILES string of the molecule is CCNC(=O)[C@H](Cc1ccccc1)N(Cc1cccc(Cl)c1)C(=O)Cc1cc(C)cc(C)c1. The van der Waals surface area contributed by atoms with Gasteiger partial charge < -0.3 is 10.2 Å². The summed E-state index contributed by atoms with van der Waals surface area (Å²) in [6, 6.07) is 22.8. The Kier molecular flexibility index (Phi) is 8.67. The normalized spacial score (nSPS) is 11.6. The number of aryl methyl sites for hydroxylation is 2. The molecule has 3 rings (SSSR count). The molecule has 3 aromatic rings. The van der Waals surface area contributed by atoms with Crippen LogP contribution in [0.15, 0.2) is 72.8 Å². The van der Waals surface area contributed by atoms with E-state index in [-0.39, 0.29) is 18.2 Å². The van der Waals surface area contributed by atoms with Crippen LogP contribution in [0, 0.1) is 13.8 Å². The van der Waals surface area contributed by atoms with Gasteiger partial charge in [0.15, 0.2) is 0 Å². The van der Waals surface area contributed by atoms with Crippen LogP contribution in [0.25, 0.3) is 0 Å². The van der Waals surface area contributed by atoms with Crippen LogP contribution >= 0.6 is 11.6 Å². The number of amides is 2. The second kappa shape index (κ2) is 11.7. The van der Waals surface area contributed by atoms with Gasteiger partial charge in [0, 0.05) is 24.5 Å². The number of nitrogens with zero attached hydrogens (tertiary/aromatic N) is 1. The molecule has 0 aromatic heterocycles. The van der Waals surface area contributed by atoms with Crippen LogP contribution in [0.2, 0.25) is 5.02 Å². The van der Waals surface area contributed by atoms with Crippen molar-refractivity contribution in [1.29, 1.82) is 0 Å². The molecule has 0 saturated carbocycles. The van der Waals surface area contributed by atoms with E-state index in [4.69, 9.17) is 11.6 Å². The highest BCUT2D eigenvalue weighted by molar-refractivity contribution is 6.30. The summed E-state index contributed by atoms with van der Waals surface area (Å²) >= 11 is 6.21. The van der Waals surface area contributed by atoms with Gasteiger partial charge in [0.1, 0.15) is 6.04 Å². The lowest BCUT2D eigenvalue weighted by molar-refractivity contribution is -0.140. The van der Waals surface area contributed by atoms with Crippen molar-refractivity contribution in [2.75, 3.05) is 6.54 Å². The van der Waals surface area contributed by atoms with E-state index < -0.39 is 6.04 Å². The Hall–Kier alpha value is -3.11. The van der Waals surface area contributed by atoms with E-state index in [2.05, 4.69) is 11.4 Å². The molecule has 4 nitrogen and oxygen atoms in total. The van der Waals surface area contributed by atoms with Crippen molar-refractivity contribution in [2.24, 2.45) is 0 Å². The fraction of sp³-hybridized carbons (Fsp3) is 0.286. The number of carbonyl (C=O) groups excluding carboxylic acids is 2. The van der Waals surface area contributed by atoms with Gasteiger partial charge in [-0.15, -0.1) is 0 Å². The van der Waals surface area contributed by atoms with Gasteiger partial charge in [-0.1, -0.05) is 83.4 Å². The molecule has 5 heteroatoms. The average Bonchev–Trinajstić information content (AvgIpc) is 2.76. The molecule has 172 valence electrons. The van der Waals surface area contributed by atoms with Crippen LogP contribution in [0.3, 0.4) is 0 Å². The summed E-state index contributed by atoms with van der Waals surface area (Å²) in [6.45, 7) is 6.74. The number of hydrogen-bond donors (Lipinski definition) is 1. The number of likely N-dealkylation sites (N-methyl/N-ethyl adjacent to an activating group) is 1. The second-order valence-electron chi connectivity index (χ2n) is 8.42. The van der Waals surface area contributed by atoms with Gasteiger partial charge in [0.25, 0.3) is 0 Å². The fourth-order valence-corrected chi connectivity index (χ4v) is 4.34. The van der Waals surface area contributed by atoms with E-state index in [0.717, 1.165) is 27.8 Å². The Morgan fingerprint density at radius 3 is 2.18 bits per heavy atom. The Labute approximate surface area is 201 Å². The average molecular weight is 463 g/mol. The van der Waals surface area contributed by atoms with E-state index in [1.807, 2.05) is 81.4 Å². The number of nitrogens with one attached hydrogen (secondary N) is 1. The quantitative estimate of drug-likeness (QED) is 0.470. The van der Waals surface area contributed by atoms with Gasteiger partial charge in [0.2, 0.25) is 11.8 Å². The summed E-state index contributed by atoms with van der Waals surface area (Å²) in [5.41, 5.74) is 5.07. The second-order valence-corrected chi connectivity index (χ2v) is 8.86.